The molecule has 27 heavy (non-hydrogen) atoms. The Morgan fingerprint density at radius 2 is 1.78 bits per heavy atom. The standard InChI is InChI=1S/C23H23FN2O/c1-15-7-12-21-19(13-15)20(23(27)25-18-5-3-2-4-6-18)14-22(26-21)16-8-10-17(24)11-9-16/h7-14,18H,2-6H2,1H3,(H,25,27). The molecule has 2 aromatic carbocycles. The first-order valence-electron chi connectivity index (χ1n) is 9.58. The summed E-state index contributed by atoms with van der Waals surface area (Å²) in [7, 11) is 0. The maximum atomic E-state index is 13.3. The van der Waals surface area contributed by atoms with E-state index in [2.05, 4.69) is 5.32 Å². The van der Waals surface area contributed by atoms with E-state index in [4.69, 9.17) is 4.98 Å². The van der Waals surface area contributed by atoms with E-state index in [1.165, 1.54) is 31.4 Å². The van der Waals surface area contributed by atoms with E-state index in [0.29, 0.717) is 11.3 Å². The van der Waals surface area contributed by atoms with E-state index < -0.39 is 0 Å². The number of halogens is 1. The SMILES string of the molecule is Cc1ccc2nc(-c3ccc(F)cc3)cc(C(=O)NC3CCCCC3)c2c1. The van der Waals surface area contributed by atoms with Gasteiger partial charge in [-0.3, -0.25) is 4.79 Å². The molecule has 4 rings (SSSR count). The lowest BCUT2D eigenvalue weighted by Crippen LogP contribution is -2.36. The Labute approximate surface area is 158 Å². The van der Waals surface area contributed by atoms with E-state index >= 15 is 0 Å². The van der Waals surface area contributed by atoms with Crippen molar-refractivity contribution in [3.63, 3.8) is 0 Å². The average Bonchev–Trinajstić information content (AvgIpc) is 2.68. The number of amides is 1. The molecule has 1 heterocycles. The second-order valence-corrected chi connectivity index (χ2v) is 7.39. The number of nitrogens with zero attached hydrogens (tertiary/aromatic N) is 1. The van der Waals surface area contributed by atoms with Crippen molar-refractivity contribution in [2.45, 2.75) is 45.1 Å². The summed E-state index contributed by atoms with van der Waals surface area (Å²) in [5.74, 6) is -0.339. The lowest BCUT2D eigenvalue weighted by molar-refractivity contribution is 0.0929. The second kappa shape index (κ2) is 7.47. The number of hydrogen-bond donors (Lipinski definition) is 1. The van der Waals surface area contributed by atoms with Crippen molar-refractivity contribution >= 4 is 16.8 Å². The van der Waals surface area contributed by atoms with Gasteiger partial charge in [0.15, 0.2) is 0 Å². The third-order valence-electron chi connectivity index (χ3n) is 5.29. The number of fused-ring (bicyclic) bond motifs is 1. The van der Waals surface area contributed by atoms with Gasteiger partial charge >= 0.3 is 0 Å². The van der Waals surface area contributed by atoms with E-state index in [1.54, 1.807) is 12.1 Å². The van der Waals surface area contributed by atoms with E-state index in [0.717, 1.165) is 34.9 Å². The first kappa shape index (κ1) is 17.7. The molecule has 1 aliphatic rings. The van der Waals surface area contributed by atoms with Crippen LogP contribution < -0.4 is 5.32 Å². The van der Waals surface area contributed by atoms with E-state index in [1.807, 2.05) is 31.2 Å². The highest BCUT2D eigenvalue weighted by atomic mass is 19.1. The van der Waals surface area contributed by atoms with Gasteiger partial charge in [0.1, 0.15) is 5.82 Å². The topological polar surface area (TPSA) is 42.0 Å². The zero-order valence-corrected chi connectivity index (χ0v) is 15.5. The van der Waals surface area contributed by atoms with Gasteiger partial charge in [0, 0.05) is 17.0 Å². The number of nitrogens with one attached hydrogen (secondary N) is 1. The summed E-state index contributed by atoms with van der Waals surface area (Å²) in [4.78, 5) is 17.8. The Hall–Kier alpha value is -2.75. The first-order chi connectivity index (χ1) is 13.1. The zero-order valence-electron chi connectivity index (χ0n) is 15.5. The molecule has 1 saturated carbocycles. The summed E-state index contributed by atoms with van der Waals surface area (Å²) in [6.45, 7) is 2.01. The van der Waals surface area contributed by atoms with Crippen LogP contribution >= 0.6 is 0 Å². The minimum absolute atomic E-state index is 0.0525. The summed E-state index contributed by atoms with van der Waals surface area (Å²) in [5, 5.41) is 4.06. The predicted octanol–water partition coefficient (Wildman–Crippen LogP) is 5.41. The minimum atomic E-state index is -0.287. The van der Waals surface area contributed by atoms with Crippen LogP contribution in [0.5, 0.6) is 0 Å². The maximum absolute atomic E-state index is 13.3. The fraction of sp³-hybridized carbons (Fsp3) is 0.304. The molecule has 0 spiro atoms. The van der Waals surface area contributed by atoms with Gasteiger partial charge in [0.25, 0.3) is 5.91 Å². The monoisotopic (exact) mass is 362 g/mol. The molecular formula is C23H23FN2O. The summed E-state index contributed by atoms with van der Waals surface area (Å²) in [6.07, 6.45) is 5.67. The van der Waals surface area contributed by atoms with Gasteiger partial charge in [-0.1, -0.05) is 30.9 Å². The van der Waals surface area contributed by atoms with Crippen molar-refractivity contribution < 1.29 is 9.18 Å². The van der Waals surface area contributed by atoms with Crippen LogP contribution in [0, 0.1) is 12.7 Å². The number of carbonyl (C=O) groups excluding carboxylic acids is 1. The fourth-order valence-electron chi connectivity index (χ4n) is 3.81. The number of rotatable bonds is 3. The Kier molecular flexibility index (Phi) is 4.88. The Bertz CT molecular complexity index is 976. The molecule has 0 radical (unpaired) electrons. The van der Waals surface area contributed by atoms with Gasteiger partial charge in [-0.05, 0) is 62.2 Å². The molecule has 0 bridgehead atoms. The molecular weight excluding hydrogens is 339 g/mol. The van der Waals surface area contributed by atoms with Gasteiger partial charge in [0.2, 0.25) is 0 Å². The van der Waals surface area contributed by atoms with Crippen LogP contribution in [0.2, 0.25) is 0 Å². The number of carbonyl (C=O) groups is 1. The summed E-state index contributed by atoms with van der Waals surface area (Å²) >= 11 is 0. The van der Waals surface area contributed by atoms with Crippen LogP contribution in [0.25, 0.3) is 22.2 Å². The van der Waals surface area contributed by atoms with Crippen LogP contribution in [-0.4, -0.2) is 16.9 Å². The number of hydrogen-bond acceptors (Lipinski definition) is 2. The third-order valence-corrected chi connectivity index (χ3v) is 5.29. The Morgan fingerprint density at radius 3 is 2.52 bits per heavy atom. The molecule has 1 aromatic heterocycles. The lowest BCUT2D eigenvalue weighted by atomic mass is 9.95. The van der Waals surface area contributed by atoms with Gasteiger partial charge in [0.05, 0.1) is 16.8 Å². The van der Waals surface area contributed by atoms with Gasteiger partial charge < -0.3 is 5.32 Å². The molecule has 3 aromatic rings. The largest absolute Gasteiger partial charge is 0.349 e. The molecule has 1 amide bonds. The van der Waals surface area contributed by atoms with Gasteiger partial charge in [-0.2, -0.15) is 0 Å². The van der Waals surface area contributed by atoms with Crippen LogP contribution in [0.1, 0.15) is 48.0 Å². The van der Waals surface area contributed by atoms with Gasteiger partial charge in [-0.25, -0.2) is 9.37 Å². The smallest absolute Gasteiger partial charge is 0.252 e. The van der Waals surface area contributed by atoms with Crippen molar-refractivity contribution in [2.75, 3.05) is 0 Å². The minimum Gasteiger partial charge on any atom is -0.349 e. The molecule has 1 aliphatic carbocycles. The highest BCUT2D eigenvalue weighted by Crippen LogP contribution is 2.27. The Balaban J connectivity index is 1.77. The maximum Gasteiger partial charge on any atom is 0.252 e. The highest BCUT2D eigenvalue weighted by molar-refractivity contribution is 6.07. The summed E-state index contributed by atoms with van der Waals surface area (Å²) < 4.78 is 13.3. The molecule has 3 nitrogen and oxygen atoms in total. The van der Waals surface area contributed by atoms with Crippen molar-refractivity contribution in [1.82, 2.24) is 10.3 Å². The van der Waals surface area contributed by atoms with Crippen LogP contribution in [0.15, 0.2) is 48.5 Å². The van der Waals surface area contributed by atoms with Crippen LogP contribution in [0.4, 0.5) is 4.39 Å². The van der Waals surface area contributed by atoms with Crippen molar-refractivity contribution in [3.05, 3.63) is 65.5 Å². The summed E-state index contributed by atoms with van der Waals surface area (Å²) in [5.41, 5.74) is 3.97. The zero-order chi connectivity index (χ0) is 18.8. The van der Waals surface area contributed by atoms with Crippen molar-refractivity contribution in [1.29, 1.82) is 0 Å². The van der Waals surface area contributed by atoms with Crippen molar-refractivity contribution in [2.24, 2.45) is 0 Å². The highest BCUT2D eigenvalue weighted by Gasteiger charge is 2.19. The summed E-state index contributed by atoms with van der Waals surface area (Å²) in [6, 6.07) is 14.2. The molecule has 0 saturated heterocycles. The molecule has 1 fully saturated rings. The lowest BCUT2D eigenvalue weighted by Gasteiger charge is -2.23. The molecule has 1 N–H and O–H groups in total. The average molecular weight is 362 g/mol. The first-order valence-corrected chi connectivity index (χ1v) is 9.58. The van der Waals surface area contributed by atoms with Crippen LogP contribution in [0.3, 0.4) is 0 Å². The number of benzene rings is 2. The third kappa shape index (κ3) is 3.85. The van der Waals surface area contributed by atoms with E-state index in [9.17, 15) is 9.18 Å². The van der Waals surface area contributed by atoms with Crippen molar-refractivity contribution in [3.8, 4) is 11.3 Å². The second-order valence-electron chi connectivity index (χ2n) is 7.39. The molecule has 0 atom stereocenters. The van der Waals surface area contributed by atoms with Gasteiger partial charge in [-0.15, -0.1) is 0 Å². The molecule has 4 heteroatoms. The van der Waals surface area contributed by atoms with E-state index in [-0.39, 0.29) is 17.8 Å². The number of pyridine rings is 1. The molecule has 0 unspecified atom stereocenters. The normalized spacial score (nSPS) is 15.0. The van der Waals surface area contributed by atoms with Crippen LogP contribution in [-0.2, 0) is 0 Å². The molecule has 0 aliphatic heterocycles. The number of aromatic nitrogens is 1. The number of aryl methyl sites for hydroxylation is 1. The Morgan fingerprint density at radius 1 is 1.04 bits per heavy atom. The molecule has 138 valence electrons. The predicted molar refractivity (Wildman–Crippen MR) is 106 cm³/mol. The quantitative estimate of drug-likeness (QED) is 0.677. The fourth-order valence-corrected chi connectivity index (χ4v) is 3.81.